The minimum absolute atomic E-state index is 0.144. The van der Waals surface area contributed by atoms with Crippen molar-refractivity contribution in [2.75, 3.05) is 12.1 Å². The van der Waals surface area contributed by atoms with Gasteiger partial charge in [0.05, 0.1) is 28.0 Å². The lowest BCUT2D eigenvalue weighted by Gasteiger charge is -2.16. The Kier molecular flexibility index (Phi) is 3.24. The zero-order chi connectivity index (χ0) is 13.4. The molecule has 1 N–H and O–H groups in total. The molecule has 1 aromatic carbocycles. The quantitative estimate of drug-likeness (QED) is 0.929. The zero-order valence-electron chi connectivity index (χ0n) is 10.6. The van der Waals surface area contributed by atoms with Gasteiger partial charge in [0.1, 0.15) is 0 Å². The largest absolute Gasteiger partial charge is 0.454 e. The Hall–Kier alpha value is -1.46. The van der Waals surface area contributed by atoms with Crippen LogP contribution in [-0.4, -0.2) is 11.8 Å². The Morgan fingerprint density at radius 2 is 2.11 bits per heavy atom. The molecule has 0 saturated carbocycles. The van der Waals surface area contributed by atoms with Gasteiger partial charge in [-0.15, -0.1) is 11.3 Å². The van der Waals surface area contributed by atoms with Crippen molar-refractivity contribution in [2.24, 2.45) is 0 Å². The SMILES string of the molecule is Cc1ncsc1C(C)Nc1cc2c(cc1Cl)OCO2. The molecule has 1 aliphatic heterocycles. The first-order valence-electron chi connectivity index (χ1n) is 5.91. The highest BCUT2D eigenvalue weighted by molar-refractivity contribution is 7.09. The average molecular weight is 297 g/mol. The van der Waals surface area contributed by atoms with Gasteiger partial charge in [-0.2, -0.15) is 0 Å². The number of halogens is 1. The van der Waals surface area contributed by atoms with Crippen LogP contribution in [0.2, 0.25) is 5.02 Å². The number of ether oxygens (including phenoxy) is 2. The van der Waals surface area contributed by atoms with E-state index in [1.165, 1.54) is 4.88 Å². The van der Waals surface area contributed by atoms with E-state index in [4.69, 9.17) is 21.1 Å². The van der Waals surface area contributed by atoms with E-state index in [9.17, 15) is 0 Å². The molecule has 0 radical (unpaired) electrons. The van der Waals surface area contributed by atoms with Crippen molar-refractivity contribution in [1.82, 2.24) is 4.98 Å². The van der Waals surface area contributed by atoms with Gasteiger partial charge in [0, 0.05) is 17.0 Å². The van der Waals surface area contributed by atoms with Gasteiger partial charge in [-0.05, 0) is 13.8 Å². The molecule has 0 spiro atoms. The number of anilines is 1. The number of thiazole rings is 1. The van der Waals surface area contributed by atoms with Gasteiger partial charge in [-0.3, -0.25) is 0 Å². The third-order valence-corrected chi connectivity index (χ3v) is 4.44. The second kappa shape index (κ2) is 4.90. The minimum Gasteiger partial charge on any atom is -0.454 e. The highest BCUT2D eigenvalue weighted by Crippen LogP contribution is 2.40. The lowest BCUT2D eigenvalue weighted by atomic mass is 10.2. The van der Waals surface area contributed by atoms with E-state index in [0.717, 1.165) is 17.1 Å². The molecule has 4 nitrogen and oxygen atoms in total. The molecule has 0 aliphatic carbocycles. The third-order valence-electron chi connectivity index (χ3n) is 3.01. The summed E-state index contributed by atoms with van der Waals surface area (Å²) in [5.74, 6) is 1.41. The number of aromatic nitrogens is 1. The second-order valence-corrected chi connectivity index (χ2v) is 5.65. The monoisotopic (exact) mass is 296 g/mol. The van der Waals surface area contributed by atoms with Crippen molar-refractivity contribution in [3.63, 3.8) is 0 Å². The number of hydrogen-bond acceptors (Lipinski definition) is 5. The normalized spacial score (nSPS) is 14.5. The summed E-state index contributed by atoms with van der Waals surface area (Å²) in [6.07, 6.45) is 0. The summed E-state index contributed by atoms with van der Waals surface area (Å²) in [6.45, 7) is 4.34. The smallest absolute Gasteiger partial charge is 0.231 e. The Balaban J connectivity index is 1.86. The van der Waals surface area contributed by atoms with Gasteiger partial charge >= 0.3 is 0 Å². The fourth-order valence-corrected chi connectivity index (χ4v) is 3.07. The highest BCUT2D eigenvalue weighted by atomic mass is 35.5. The lowest BCUT2D eigenvalue weighted by Crippen LogP contribution is -2.06. The average Bonchev–Trinajstić information content (AvgIpc) is 2.98. The Morgan fingerprint density at radius 3 is 2.79 bits per heavy atom. The molecule has 2 heterocycles. The van der Waals surface area contributed by atoms with Crippen molar-refractivity contribution < 1.29 is 9.47 Å². The molecule has 0 amide bonds. The molecule has 0 bridgehead atoms. The van der Waals surface area contributed by atoms with E-state index in [0.29, 0.717) is 10.8 Å². The topological polar surface area (TPSA) is 43.4 Å². The molecule has 100 valence electrons. The van der Waals surface area contributed by atoms with Crippen LogP contribution < -0.4 is 14.8 Å². The van der Waals surface area contributed by atoms with Gasteiger partial charge in [-0.25, -0.2) is 4.98 Å². The number of nitrogens with zero attached hydrogens (tertiary/aromatic N) is 1. The van der Waals surface area contributed by atoms with Crippen LogP contribution in [0.5, 0.6) is 11.5 Å². The Bertz CT molecular complexity index is 615. The summed E-state index contributed by atoms with van der Waals surface area (Å²) in [6, 6.07) is 3.79. The maximum absolute atomic E-state index is 6.24. The molecule has 3 rings (SSSR count). The van der Waals surface area contributed by atoms with Gasteiger partial charge in [0.25, 0.3) is 0 Å². The van der Waals surface area contributed by atoms with Crippen molar-refractivity contribution in [1.29, 1.82) is 0 Å². The van der Waals surface area contributed by atoms with Crippen LogP contribution in [0.1, 0.15) is 23.5 Å². The van der Waals surface area contributed by atoms with E-state index in [-0.39, 0.29) is 12.8 Å². The van der Waals surface area contributed by atoms with Gasteiger partial charge in [-0.1, -0.05) is 11.6 Å². The van der Waals surface area contributed by atoms with Gasteiger partial charge in [0.15, 0.2) is 11.5 Å². The maximum Gasteiger partial charge on any atom is 0.231 e. The molecule has 19 heavy (non-hydrogen) atoms. The number of nitrogens with one attached hydrogen (secondary N) is 1. The van der Waals surface area contributed by atoms with Crippen molar-refractivity contribution in [3.05, 3.63) is 33.2 Å². The number of benzene rings is 1. The molecule has 1 aliphatic rings. The predicted octanol–water partition coefficient (Wildman–Crippen LogP) is 4.01. The molecule has 1 atom stereocenters. The number of fused-ring (bicyclic) bond motifs is 1. The molecular formula is C13H13ClN2O2S. The first-order valence-corrected chi connectivity index (χ1v) is 7.16. The predicted molar refractivity (Wildman–Crippen MR) is 76.5 cm³/mol. The van der Waals surface area contributed by atoms with Crippen LogP contribution in [0.3, 0.4) is 0 Å². The molecule has 0 saturated heterocycles. The van der Waals surface area contributed by atoms with E-state index in [2.05, 4.69) is 17.2 Å². The molecular weight excluding hydrogens is 284 g/mol. The lowest BCUT2D eigenvalue weighted by molar-refractivity contribution is 0.174. The van der Waals surface area contributed by atoms with E-state index in [1.807, 2.05) is 18.5 Å². The van der Waals surface area contributed by atoms with Crippen LogP contribution in [-0.2, 0) is 0 Å². The molecule has 2 aromatic rings. The number of rotatable bonds is 3. The zero-order valence-corrected chi connectivity index (χ0v) is 12.1. The van der Waals surface area contributed by atoms with Crippen LogP contribution in [0.4, 0.5) is 5.69 Å². The van der Waals surface area contributed by atoms with E-state index in [1.54, 1.807) is 17.4 Å². The summed E-state index contributed by atoms with van der Waals surface area (Å²) in [4.78, 5) is 5.46. The summed E-state index contributed by atoms with van der Waals surface area (Å²) in [5, 5.41) is 4.01. The summed E-state index contributed by atoms with van der Waals surface area (Å²) in [7, 11) is 0. The summed E-state index contributed by atoms with van der Waals surface area (Å²) in [5.41, 5.74) is 3.73. The minimum atomic E-state index is 0.144. The first kappa shape index (κ1) is 12.6. The fourth-order valence-electron chi connectivity index (χ4n) is 2.05. The first-order chi connectivity index (χ1) is 9.15. The van der Waals surface area contributed by atoms with Crippen LogP contribution >= 0.6 is 22.9 Å². The number of aryl methyl sites for hydroxylation is 1. The van der Waals surface area contributed by atoms with Crippen molar-refractivity contribution >= 4 is 28.6 Å². The second-order valence-electron chi connectivity index (χ2n) is 4.35. The Labute approximate surface area is 120 Å². The highest BCUT2D eigenvalue weighted by Gasteiger charge is 2.18. The fraction of sp³-hybridized carbons (Fsp3) is 0.308. The van der Waals surface area contributed by atoms with E-state index < -0.39 is 0 Å². The standard InChI is InChI=1S/C13H13ClN2O2S/c1-7-13(19-5-15-7)8(2)16-10-4-12-11(3-9(10)14)17-6-18-12/h3-5,8,16H,6H2,1-2H3. The van der Waals surface area contributed by atoms with Crippen LogP contribution in [0.25, 0.3) is 0 Å². The molecule has 1 aromatic heterocycles. The maximum atomic E-state index is 6.24. The molecule has 1 unspecified atom stereocenters. The van der Waals surface area contributed by atoms with Gasteiger partial charge < -0.3 is 14.8 Å². The van der Waals surface area contributed by atoms with Crippen molar-refractivity contribution in [2.45, 2.75) is 19.9 Å². The Morgan fingerprint density at radius 1 is 1.37 bits per heavy atom. The third kappa shape index (κ3) is 2.35. The number of hydrogen-bond donors (Lipinski definition) is 1. The molecule has 6 heteroatoms. The van der Waals surface area contributed by atoms with Crippen molar-refractivity contribution in [3.8, 4) is 11.5 Å². The summed E-state index contributed by atoms with van der Waals surface area (Å²) >= 11 is 7.88. The summed E-state index contributed by atoms with van der Waals surface area (Å²) < 4.78 is 10.6. The van der Waals surface area contributed by atoms with Crippen LogP contribution in [0, 0.1) is 6.92 Å². The van der Waals surface area contributed by atoms with E-state index >= 15 is 0 Å². The van der Waals surface area contributed by atoms with Gasteiger partial charge in [0.2, 0.25) is 6.79 Å². The molecule has 0 fully saturated rings. The van der Waals surface area contributed by atoms with Crippen LogP contribution in [0.15, 0.2) is 17.6 Å².